The topological polar surface area (TPSA) is 29.5 Å². The Morgan fingerprint density at radius 3 is 2.35 bits per heavy atom. The fraction of sp³-hybridized carbons (Fsp3) is 0.650. The van der Waals surface area contributed by atoms with E-state index in [1.807, 2.05) is 39.8 Å². The number of carbonyl (C=O) groups excluding carboxylic acids is 1. The molecule has 0 amide bonds. The van der Waals surface area contributed by atoms with Gasteiger partial charge in [0.2, 0.25) is 0 Å². The van der Waals surface area contributed by atoms with Crippen LogP contribution < -0.4 is 4.74 Å². The van der Waals surface area contributed by atoms with Gasteiger partial charge in [-0.25, -0.2) is 0 Å². The summed E-state index contributed by atoms with van der Waals surface area (Å²) in [5.74, 6) is 2.46. The lowest BCUT2D eigenvalue weighted by Crippen LogP contribution is -2.41. The SMILES string of the molecule is Cc1cc(C(=O)CN2CC(C)CC(C)C2)c(C)cc1OC(C)C. The molecule has 2 atom stereocenters. The van der Waals surface area contributed by atoms with Crippen molar-refractivity contribution in [2.24, 2.45) is 11.8 Å². The molecule has 2 unspecified atom stereocenters. The first-order valence-electron chi connectivity index (χ1n) is 8.79. The molecule has 1 fully saturated rings. The Labute approximate surface area is 141 Å². The molecular formula is C20H31NO2. The predicted octanol–water partition coefficient (Wildman–Crippen LogP) is 4.25. The molecule has 1 saturated heterocycles. The van der Waals surface area contributed by atoms with Crippen molar-refractivity contribution in [3.63, 3.8) is 0 Å². The number of carbonyl (C=O) groups is 1. The minimum Gasteiger partial charge on any atom is -0.491 e. The van der Waals surface area contributed by atoms with E-state index in [0.29, 0.717) is 18.4 Å². The minimum atomic E-state index is 0.144. The highest BCUT2D eigenvalue weighted by molar-refractivity contribution is 5.99. The Kier molecular flexibility index (Phi) is 5.85. The van der Waals surface area contributed by atoms with Crippen LogP contribution in [0.25, 0.3) is 0 Å². The van der Waals surface area contributed by atoms with Crippen molar-refractivity contribution in [2.75, 3.05) is 19.6 Å². The summed E-state index contributed by atoms with van der Waals surface area (Å²) < 4.78 is 5.82. The molecule has 0 N–H and O–H groups in total. The van der Waals surface area contributed by atoms with Crippen molar-refractivity contribution in [3.05, 3.63) is 28.8 Å². The number of Topliss-reactive ketones (excluding diaryl/α,β-unsaturated/α-hetero) is 1. The molecule has 1 aromatic carbocycles. The van der Waals surface area contributed by atoms with E-state index in [0.717, 1.165) is 35.5 Å². The van der Waals surface area contributed by atoms with Gasteiger partial charge in [0, 0.05) is 18.7 Å². The van der Waals surface area contributed by atoms with Gasteiger partial charge in [-0.05, 0) is 69.2 Å². The summed E-state index contributed by atoms with van der Waals surface area (Å²) in [5.41, 5.74) is 2.88. The Bertz CT molecular complexity index is 555. The molecule has 1 heterocycles. The van der Waals surface area contributed by atoms with Crippen molar-refractivity contribution in [1.29, 1.82) is 0 Å². The van der Waals surface area contributed by atoms with Crippen LogP contribution in [0.1, 0.15) is 55.6 Å². The normalized spacial score (nSPS) is 22.4. The van der Waals surface area contributed by atoms with Gasteiger partial charge in [-0.1, -0.05) is 13.8 Å². The fourth-order valence-electron chi connectivity index (χ4n) is 3.68. The Balaban J connectivity index is 2.11. The molecule has 0 radical (unpaired) electrons. The quantitative estimate of drug-likeness (QED) is 0.760. The lowest BCUT2D eigenvalue weighted by Gasteiger charge is -2.34. The average Bonchev–Trinajstić information content (AvgIpc) is 2.40. The number of ketones is 1. The van der Waals surface area contributed by atoms with Gasteiger partial charge in [-0.3, -0.25) is 9.69 Å². The van der Waals surface area contributed by atoms with Crippen LogP contribution in [0, 0.1) is 25.7 Å². The molecule has 0 saturated carbocycles. The van der Waals surface area contributed by atoms with Crippen LogP contribution in [0.3, 0.4) is 0 Å². The van der Waals surface area contributed by atoms with Crippen molar-refractivity contribution in [1.82, 2.24) is 4.90 Å². The highest BCUT2D eigenvalue weighted by atomic mass is 16.5. The molecule has 128 valence electrons. The lowest BCUT2D eigenvalue weighted by molar-refractivity contribution is 0.0849. The van der Waals surface area contributed by atoms with Gasteiger partial charge >= 0.3 is 0 Å². The zero-order chi connectivity index (χ0) is 17.1. The predicted molar refractivity (Wildman–Crippen MR) is 95.4 cm³/mol. The van der Waals surface area contributed by atoms with Crippen LogP contribution in [0.2, 0.25) is 0 Å². The third-order valence-electron chi connectivity index (χ3n) is 4.50. The van der Waals surface area contributed by atoms with E-state index in [1.54, 1.807) is 0 Å². The molecule has 3 heteroatoms. The van der Waals surface area contributed by atoms with Crippen LogP contribution in [-0.2, 0) is 0 Å². The summed E-state index contributed by atoms with van der Waals surface area (Å²) in [5, 5.41) is 0. The standard InChI is InChI=1S/C20H31NO2/c1-13(2)23-20-9-16(5)18(8-17(20)6)19(22)12-21-10-14(3)7-15(4)11-21/h8-9,13-15H,7,10-12H2,1-6H3. The highest BCUT2D eigenvalue weighted by Crippen LogP contribution is 2.25. The summed E-state index contributed by atoms with van der Waals surface area (Å²) in [6.45, 7) is 15.2. The number of ether oxygens (including phenoxy) is 1. The molecule has 1 aliphatic heterocycles. The maximum Gasteiger partial charge on any atom is 0.177 e. The van der Waals surface area contributed by atoms with E-state index in [1.165, 1.54) is 6.42 Å². The molecular weight excluding hydrogens is 286 g/mol. The zero-order valence-corrected chi connectivity index (χ0v) is 15.5. The Hall–Kier alpha value is -1.35. The van der Waals surface area contributed by atoms with Gasteiger partial charge in [0.05, 0.1) is 12.6 Å². The fourth-order valence-corrected chi connectivity index (χ4v) is 3.68. The van der Waals surface area contributed by atoms with Gasteiger partial charge in [0.25, 0.3) is 0 Å². The van der Waals surface area contributed by atoms with Crippen molar-refractivity contribution >= 4 is 5.78 Å². The first-order valence-corrected chi connectivity index (χ1v) is 8.79. The van der Waals surface area contributed by atoms with Crippen molar-refractivity contribution < 1.29 is 9.53 Å². The molecule has 3 nitrogen and oxygen atoms in total. The summed E-state index contributed by atoms with van der Waals surface area (Å²) in [6, 6.07) is 4.00. The second-order valence-electron chi connectivity index (χ2n) is 7.66. The van der Waals surface area contributed by atoms with Crippen LogP contribution in [0.4, 0.5) is 0 Å². The monoisotopic (exact) mass is 317 g/mol. The molecule has 0 spiro atoms. The van der Waals surface area contributed by atoms with Gasteiger partial charge in [-0.2, -0.15) is 0 Å². The minimum absolute atomic E-state index is 0.144. The number of rotatable bonds is 5. The Morgan fingerprint density at radius 2 is 1.78 bits per heavy atom. The maximum absolute atomic E-state index is 12.8. The van der Waals surface area contributed by atoms with Crippen LogP contribution in [0.15, 0.2) is 12.1 Å². The van der Waals surface area contributed by atoms with E-state index in [9.17, 15) is 4.79 Å². The third kappa shape index (κ3) is 4.81. The number of aryl methyl sites for hydroxylation is 2. The zero-order valence-electron chi connectivity index (χ0n) is 15.5. The third-order valence-corrected chi connectivity index (χ3v) is 4.50. The molecule has 0 aromatic heterocycles. The van der Waals surface area contributed by atoms with Gasteiger partial charge in [-0.15, -0.1) is 0 Å². The number of likely N-dealkylation sites (tertiary alicyclic amines) is 1. The molecule has 0 bridgehead atoms. The van der Waals surface area contributed by atoms with Crippen molar-refractivity contribution in [3.8, 4) is 5.75 Å². The lowest BCUT2D eigenvalue weighted by atomic mass is 9.91. The first-order chi connectivity index (χ1) is 10.8. The number of benzene rings is 1. The molecule has 0 aliphatic carbocycles. The summed E-state index contributed by atoms with van der Waals surface area (Å²) in [7, 11) is 0. The maximum atomic E-state index is 12.8. The summed E-state index contributed by atoms with van der Waals surface area (Å²) >= 11 is 0. The van der Waals surface area contributed by atoms with Gasteiger partial charge in [0.1, 0.15) is 5.75 Å². The van der Waals surface area contributed by atoms with Crippen molar-refractivity contribution in [2.45, 2.75) is 54.1 Å². The molecule has 23 heavy (non-hydrogen) atoms. The smallest absolute Gasteiger partial charge is 0.177 e. The average molecular weight is 317 g/mol. The summed E-state index contributed by atoms with van der Waals surface area (Å²) in [4.78, 5) is 15.1. The largest absolute Gasteiger partial charge is 0.491 e. The number of nitrogens with zero attached hydrogens (tertiary/aromatic N) is 1. The Morgan fingerprint density at radius 1 is 1.17 bits per heavy atom. The van der Waals surface area contributed by atoms with Gasteiger partial charge in [0.15, 0.2) is 5.78 Å². The van der Waals surface area contributed by atoms with E-state index in [2.05, 4.69) is 18.7 Å². The second-order valence-corrected chi connectivity index (χ2v) is 7.66. The number of hydrogen-bond acceptors (Lipinski definition) is 3. The van der Waals surface area contributed by atoms with Crippen LogP contribution in [-0.4, -0.2) is 36.4 Å². The van der Waals surface area contributed by atoms with E-state index >= 15 is 0 Å². The van der Waals surface area contributed by atoms with E-state index in [-0.39, 0.29) is 11.9 Å². The van der Waals surface area contributed by atoms with E-state index < -0.39 is 0 Å². The number of piperidine rings is 1. The van der Waals surface area contributed by atoms with Gasteiger partial charge < -0.3 is 4.74 Å². The molecule has 2 rings (SSSR count). The second kappa shape index (κ2) is 7.48. The molecule has 1 aromatic rings. The van der Waals surface area contributed by atoms with Crippen LogP contribution in [0.5, 0.6) is 5.75 Å². The van der Waals surface area contributed by atoms with E-state index in [4.69, 9.17) is 4.74 Å². The number of hydrogen-bond donors (Lipinski definition) is 0. The highest BCUT2D eigenvalue weighted by Gasteiger charge is 2.24. The van der Waals surface area contributed by atoms with Crippen LogP contribution >= 0.6 is 0 Å². The summed E-state index contributed by atoms with van der Waals surface area (Å²) in [6.07, 6.45) is 1.41. The molecule has 1 aliphatic rings. The first kappa shape index (κ1) is 18.0.